The number of hydrogen-bond acceptors (Lipinski definition) is 1. The van der Waals surface area contributed by atoms with Gasteiger partial charge in [-0.2, -0.15) is 0 Å². The molecule has 0 spiro atoms. The van der Waals surface area contributed by atoms with Gasteiger partial charge in [0, 0.05) is 6.54 Å². The number of hydrogen-bond donors (Lipinski definition) is 1. The zero-order chi connectivity index (χ0) is 11.3. The van der Waals surface area contributed by atoms with Crippen molar-refractivity contribution in [1.82, 2.24) is 5.32 Å². The topological polar surface area (TPSA) is 29.1 Å². The first-order chi connectivity index (χ1) is 7.08. The van der Waals surface area contributed by atoms with Crippen LogP contribution in [0.1, 0.15) is 19.4 Å². The molecule has 1 rings (SSSR count). The number of amides is 1. The maximum Gasteiger partial charge on any atom is 0.224 e. The van der Waals surface area contributed by atoms with Gasteiger partial charge in [0.2, 0.25) is 5.91 Å². The third kappa shape index (κ3) is 4.58. The molecule has 1 aromatic rings. The molecule has 0 bridgehead atoms. The van der Waals surface area contributed by atoms with Crippen LogP contribution in [0.3, 0.4) is 0 Å². The summed E-state index contributed by atoms with van der Waals surface area (Å²) in [5, 5.41) is 2.81. The lowest BCUT2D eigenvalue weighted by atomic mass is 10.1. The first-order valence-electron chi connectivity index (χ1n) is 5.09. The van der Waals surface area contributed by atoms with Crippen molar-refractivity contribution in [2.75, 3.05) is 6.54 Å². The lowest BCUT2D eigenvalue weighted by Gasteiger charge is -2.07. The van der Waals surface area contributed by atoms with Gasteiger partial charge in [0.25, 0.3) is 0 Å². The molecule has 0 fully saturated rings. The maximum absolute atomic E-state index is 12.6. The van der Waals surface area contributed by atoms with Crippen LogP contribution in [0, 0.1) is 11.7 Å². The second-order valence-corrected chi connectivity index (χ2v) is 4.00. The summed E-state index contributed by atoms with van der Waals surface area (Å²) in [4.78, 5) is 11.4. The summed E-state index contributed by atoms with van der Waals surface area (Å²) < 4.78 is 12.6. The molecule has 1 N–H and O–H groups in total. The van der Waals surface area contributed by atoms with Gasteiger partial charge in [-0.05, 0) is 23.6 Å². The van der Waals surface area contributed by atoms with E-state index >= 15 is 0 Å². The number of nitrogens with one attached hydrogen (secondary N) is 1. The van der Waals surface area contributed by atoms with Gasteiger partial charge < -0.3 is 5.32 Å². The fourth-order valence-corrected chi connectivity index (χ4v) is 1.17. The van der Waals surface area contributed by atoms with E-state index in [1.807, 2.05) is 13.8 Å². The summed E-state index contributed by atoms with van der Waals surface area (Å²) >= 11 is 0. The van der Waals surface area contributed by atoms with Crippen LogP contribution in [0.15, 0.2) is 24.3 Å². The summed E-state index contributed by atoms with van der Waals surface area (Å²) in [6.45, 7) is 4.76. The number of carbonyl (C=O) groups excluding carboxylic acids is 1. The number of benzene rings is 1. The van der Waals surface area contributed by atoms with Gasteiger partial charge in [-0.3, -0.25) is 4.79 Å². The van der Waals surface area contributed by atoms with Gasteiger partial charge in [-0.15, -0.1) is 0 Å². The second-order valence-electron chi connectivity index (χ2n) is 4.00. The molecule has 0 aromatic heterocycles. The Morgan fingerprint density at radius 2 is 1.93 bits per heavy atom. The van der Waals surface area contributed by atoms with E-state index in [0.717, 1.165) is 5.56 Å². The Balaban J connectivity index is 2.41. The molecule has 0 unspecified atom stereocenters. The van der Waals surface area contributed by atoms with Crippen LogP contribution in [0.2, 0.25) is 0 Å². The van der Waals surface area contributed by atoms with Crippen molar-refractivity contribution in [2.24, 2.45) is 5.92 Å². The van der Waals surface area contributed by atoms with E-state index in [1.165, 1.54) is 12.1 Å². The molecule has 0 saturated carbocycles. The first-order valence-corrected chi connectivity index (χ1v) is 5.09. The van der Waals surface area contributed by atoms with Crippen molar-refractivity contribution in [1.29, 1.82) is 0 Å². The summed E-state index contributed by atoms with van der Waals surface area (Å²) in [5.41, 5.74) is 0.831. The fourth-order valence-electron chi connectivity index (χ4n) is 1.17. The Morgan fingerprint density at radius 1 is 1.33 bits per heavy atom. The molecule has 0 saturated heterocycles. The monoisotopic (exact) mass is 209 g/mol. The molecule has 3 heteroatoms. The van der Waals surface area contributed by atoms with Gasteiger partial charge in [-0.25, -0.2) is 4.39 Å². The number of carbonyl (C=O) groups is 1. The van der Waals surface area contributed by atoms with Crippen molar-refractivity contribution in [3.63, 3.8) is 0 Å². The minimum Gasteiger partial charge on any atom is -0.356 e. The molecule has 1 aromatic carbocycles. The Labute approximate surface area is 89.5 Å². The average molecular weight is 209 g/mol. The Kier molecular flexibility index (Phi) is 4.28. The molecule has 2 nitrogen and oxygen atoms in total. The molecule has 0 aliphatic heterocycles. The largest absolute Gasteiger partial charge is 0.356 e. The fraction of sp³-hybridized carbons (Fsp3) is 0.417. The smallest absolute Gasteiger partial charge is 0.224 e. The normalized spacial score (nSPS) is 10.4. The zero-order valence-electron chi connectivity index (χ0n) is 9.09. The van der Waals surface area contributed by atoms with Gasteiger partial charge >= 0.3 is 0 Å². The van der Waals surface area contributed by atoms with Crippen LogP contribution in [0.5, 0.6) is 0 Å². The van der Waals surface area contributed by atoms with Crippen LogP contribution in [0.25, 0.3) is 0 Å². The molecule has 0 heterocycles. The summed E-state index contributed by atoms with van der Waals surface area (Å²) in [6, 6.07) is 5.99. The highest BCUT2D eigenvalue weighted by molar-refractivity contribution is 5.78. The molecular weight excluding hydrogens is 193 g/mol. The SMILES string of the molecule is CC(C)CNC(=O)Cc1ccc(F)cc1. The van der Waals surface area contributed by atoms with E-state index in [9.17, 15) is 9.18 Å². The van der Waals surface area contributed by atoms with Crippen LogP contribution in [-0.4, -0.2) is 12.5 Å². The van der Waals surface area contributed by atoms with Crippen molar-refractivity contribution in [2.45, 2.75) is 20.3 Å². The van der Waals surface area contributed by atoms with Crippen molar-refractivity contribution >= 4 is 5.91 Å². The highest BCUT2D eigenvalue weighted by Crippen LogP contribution is 2.03. The van der Waals surface area contributed by atoms with E-state index in [1.54, 1.807) is 12.1 Å². The number of halogens is 1. The molecule has 0 radical (unpaired) electrons. The van der Waals surface area contributed by atoms with Crippen LogP contribution >= 0.6 is 0 Å². The van der Waals surface area contributed by atoms with Crippen molar-refractivity contribution in [3.05, 3.63) is 35.6 Å². The lowest BCUT2D eigenvalue weighted by molar-refractivity contribution is -0.120. The van der Waals surface area contributed by atoms with Crippen LogP contribution in [-0.2, 0) is 11.2 Å². The minimum absolute atomic E-state index is 0.0182. The van der Waals surface area contributed by atoms with Gasteiger partial charge in [-0.1, -0.05) is 26.0 Å². The minimum atomic E-state index is -0.277. The lowest BCUT2D eigenvalue weighted by Crippen LogP contribution is -2.28. The molecule has 0 aliphatic carbocycles. The predicted molar refractivity (Wildman–Crippen MR) is 58.0 cm³/mol. The third-order valence-corrected chi connectivity index (χ3v) is 1.99. The highest BCUT2D eigenvalue weighted by Gasteiger charge is 2.03. The van der Waals surface area contributed by atoms with E-state index in [-0.39, 0.29) is 11.7 Å². The quantitative estimate of drug-likeness (QED) is 0.808. The summed E-state index contributed by atoms with van der Waals surface area (Å²) in [7, 11) is 0. The second kappa shape index (κ2) is 5.49. The molecule has 0 aliphatic rings. The summed E-state index contributed by atoms with van der Waals surface area (Å²) in [6.07, 6.45) is 0.312. The van der Waals surface area contributed by atoms with Crippen molar-refractivity contribution < 1.29 is 9.18 Å². The number of rotatable bonds is 4. The van der Waals surface area contributed by atoms with Crippen LogP contribution in [0.4, 0.5) is 4.39 Å². The first kappa shape index (κ1) is 11.7. The molecule has 15 heavy (non-hydrogen) atoms. The molecule has 82 valence electrons. The standard InChI is InChI=1S/C12H16FNO/c1-9(2)8-14-12(15)7-10-3-5-11(13)6-4-10/h3-6,9H,7-8H2,1-2H3,(H,14,15). The predicted octanol–water partition coefficient (Wildman–Crippen LogP) is 2.14. The van der Waals surface area contributed by atoms with Crippen molar-refractivity contribution in [3.8, 4) is 0 Å². The third-order valence-electron chi connectivity index (χ3n) is 1.99. The van der Waals surface area contributed by atoms with E-state index in [0.29, 0.717) is 18.9 Å². The van der Waals surface area contributed by atoms with Gasteiger partial charge in [0.05, 0.1) is 6.42 Å². The zero-order valence-corrected chi connectivity index (χ0v) is 9.09. The van der Waals surface area contributed by atoms with E-state index < -0.39 is 0 Å². The maximum atomic E-state index is 12.6. The van der Waals surface area contributed by atoms with Crippen LogP contribution < -0.4 is 5.32 Å². The molecule has 0 atom stereocenters. The molecule has 1 amide bonds. The Bertz CT molecular complexity index is 319. The van der Waals surface area contributed by atoms with E-state index in [2.05, 4.69) is 5.32 Å². The van der Waals surface area contributed by atoms with E-state index in [4.69, 9.17) is 0 Å². The average Bonchev–Trinajstić information content (AvgIpc) is 2.19. The highest BCUT2D eigenvalue weighted by atomic mass is 19.1. The summed E-state index contributed by atoms with van der Waals surface area (Å²) in [5.74, 6) is 0.152. The van der Waals surface area contributed by atoms with Gasteiger partial charge in [0.1, 0.15) is 5.82 Å². The Hall–Kier alpha value is -1.38. The Morgan fingerprint density at radius 3 is 2.47 bits per heavy atom. The van der Waals surface area contributed by atoms with Gasteiger partial charge in [0.15, 0.2) is 0 Å². The molecular formula is C12H16FNO.